The fourth-order valence-electron chi connectivity index (χ4n) is 3.38. The van der Waals surface area contributed by atoms with Crippen molar-refractivity contribution in [2.24, 2.45) is 0 Å². The first-order valence-electron chi connectivity index (χ1n) is 9.41. The molecule has 1 aromatic carbocycles. The van der Waals surface area contributed by atoms with Gasteiger partial charge in [-0.25, -0.2) is 4.79 Å². The Bertz CT molecular complexity index is 644. The molecule has 0 aromatic heterocycles. The number of nitrogens with zero attached hydrogens (tertiary/aromatic N) is 1. The Balaban J connectivity index is 1.42. The maximum Gasteiger partial charge on any atom is 0.319 e. The van der Waals surface area contributed by atoms with Gasteiger partial charge in [-0.15, -0.1) is 0 Å². The Morgan fingerprint density at radius 1 is 1.35 bits per heavy atom. The second-order valence-corrected chi connectivity index (χ2v) is 6.62. The standard InChI is InChI=1S/C19H27N3O4/c1-2-22-16-9-8-14(12-17(16)26-13-18(22)23)21-19(24)20-10-4-3-6-15-7-5-11-25-15/h8-9,12,15H,2-7,10-11,13H2,1H3,(H2,20,21,24)/t15-/m1/s1. The number of carbonyl (C=O) groups is 2. The van der Waals surface area contributed by atoms with Gasteiger partial charge >= 0.3 is 6.03 Å². The molecule has 0 aliphatic carbocycles. The summed E-state index contributed by atoms with van der Waals surface area (Å²) in [6.07, 6.45) is 5.80. The molecular weight excluding hydrogens is 334 g/mol. The molecule has 0 saturated carbocycles. The minimum Gasteiger partial charge on any atom is -0.481 e. The van der Waals surface area contributed by atoms with Gasteiger partial charge in [0, 0.05) is 31.5 Å². The third-order valence-corrected chi connectivity index (χ3v) is 4.74. The van der Waals surface area contributed by atoms with Crippen molar-refractivity contribution in [3.8, 4) is 5.75 Å². The monoisotopic (exact) mass is 361 g/mol. The van der Waals surface area contributed by atoms with Crippen molar-refractivity contribution in [2.45, 2.75) is 45.1 Å². The number of hydrogen-bond donors (Lipinski definition) is 2. The van der Waals surface area contributed by atoms with Crippen LogP contribution in [0.15, 0.2) is 18.2 Å². The van der Waals surface area contributed by atoms with Crippen LogP contribution in [0.1, 0.15) is 39.0 Å². The van der Waals surface area contributed by atoms with Gasteiger partial charge in [-0.1, -0.05) is 0 Å². The lowest BCUT2D eigenvalue weighted by molar-refractivity contribution is -0.121. The SMILES string of the molecule is CCN1C(=O)COc2cc(NC(=O)NCCCC[C@@H]3CCCO3)ccc21. The van der Waals surface area contributed by atoms with Crippen molar-refractivity contribution >= 4 is 23.3 Å². The second-order valence-electron chi connectivity index (χ2n) is 6.62. The van der Waals surface area contributed by atoms with E-state index in [1.807, 2.05) is 6.92 Å². The predicted molar refractivity (Wildman–Crippen MR) is 99.8 cm³/mol. The molecule has 2 aliphatic rings. The lowest BCUT2D eigenvalue weighted by Crippen LogP contribution is -2.38. The maximum absolute atomic E-state index is 12.0. The van der Waals surface area contributed by atoms with Gasteiger partial charge in [0.15, 0.2) is 6.61 Å². The minimum atomic E-state index is -0.235. The van der Waals surface area contributed by atoms with Crippen molar-refractivity contribution in [3.63, 3.8) is 0 Å². The van der Waals surface area contributed by atoms with E-state index in [1.54, 1.807) is 23.1 Å². The number of hydrogen-bond acceptors (Lipinski definition) is 4. The summed E-state index contributed by atoms with van der Waals surface area (Å²) < 4.78 is 11.1. The fourth-order valence-corrected chi connectivity index (χ4v) is 3.38. The van der Waals surface area contributed by atoms with E-state index >= 15 is 0 Å². The van der Waals surface area contributed by atoms with Crippen LogP contribution in [-0.2, 0) is 9.53 Å². The molecule has 2 N–H and O–H groups in total. The number of ether oxygens (including phenoxy) is 2. The zero-order chi connectivity index (χ0) is 18.4. The molecule has 26 heavy (non-hydrogen) atoms. The zero-order valence-corrected chi connectivity index (χ0v) is 15.3. The number of rotatable bonds is 7. The quantitative estimate of drug-likeness (QED) is 0.732. The van der Waals surface area contributed by atoms with Crippen molar-refractivity contribution in [2.75, 3.05) is 36.5 Å². The van der Waals surface area contributed by atoms with Crippen LogP contribution in [-0.4, -0.2) is 44.3 Å². The summed E-state index contributed by atoms with van der Waals surface area (Å²) in [6, 6.07) is 5.09. The molecule has 7 nitrogen and oxygen atoms in total. The van der Waals surface area contributed by atoms with Crippen LogP contribution in [0.4, 0.5) is 16.2 Å². The minimum absolute atomic E-state index is 0.0290. The number of urea groups is 1. The molecule has 142 valence electrons. The van der Waals surface area contributed by atoms with Gasteiger partial charge in [-0.05, 0) is 51.2 Å². The summed E-state index contributed by atoms with van der Waals surface area (Å²) in [4.78, 5) is 25.5. The van der Waals surface area contributed by atoms with Gasteiger partial charge in [0.2, 0.25) is 0 Å². The molecule has 3 amide bonds. The third kappa shape index (κ3) is 4.66. The zero-order valence-electron chi connectivity index (χ0n) is 15.3. The highest BCUT2D eigenvalue weighted by atomic mass is 16.5. The van der Waals surface area contributed by atoms with Crippen LogP contribution < -0.4 is 20.3 Å². The maximum atomic E-state index is 12.0. The van der Waals surface area contributed by atoms with E-state index in [1.165, 1.54) is 6.42 Å². The molecule has 1 saturated heterocycles. The molecule has 3 rings (SSSR count). The van der Waals surface area contributed by atoms with Crippen LogP contribution in [0.5, 0.6) is 5.75 Å². The average Bonchev–Trinajstić information content (AvgIpc) is 3.15. The van der Waals surface area contributed by atoms with Crippen molar-refractivity contribution in [3.05, 3.63) is 18.2 Å². The second kappa shape index (κ2) is 8.89. The van der Waals surface area contributed by atoms with E-state index in [0.717, 1.165) is 38.0 Å². The number of anilines is 2. The number of benzene rings is 1. The first-order chi connectivity index (χ1) is 12.7. The summed E-state index contributed by atoms with van der Waals surface area (Å²) in [7, 11) is 0. The fraction of sp³-hybridized carbons (Fsp3) is 0.579. The summed E-state index contributed by atoms with van der Waals surface area (Å²) in [6.45, 7) is 4.07. The third-order valence-electron chi connectivity index (χ3n) is 4.74. The molecule has 0 unspecified atom stereocenters. The lowest BCUT2D eigenvalue weighted by Gasteiger charge is -2.28. The van der Waals surface area contributed by atoms with Crippen molar-refractivity contribution in [1.29, 1.82) is 0 Å². The number of unbranched alkanes of at least 4 members (excludes halogenated alkanes) is 1. The van der Waals surface area contributed by atoms with Crippen LogP contribution in [0.2, 0.25) is 0 Å². The van der Waals surface area contributed by atoms with E-state index in [4.69, 9.17) is 9.47 Å². The average molecular weight is 361 g/mol. The Hall–Kier alpha value is -2.28. The van der Waals surface area contributed by atoms with Gasteiger partial charge in [0.1, 0.15) is 5.75 Å². The van der Waals surface area contributed by atoms with E-state index in [2.05, 4.69) is 10.6 Å². The molecule has 1 atom stereocenters. The molecular formula is C19H27N3O4. The van der Waals surface area contributed by atoms with Gasteiger partial charge in [-0.2, -0.15) is 0 Å². The highest BCUT2D eigenvalue weighted by molar-refractivity contribution is 5.98. The molecule has 2 aliphatic heterocycles. The summed E-state index contributed by atoms with van der Waals surface area (Å²) >= 11 is 0. The first kappa shape index (κ1) is 18.5. The number of carbonyl (C=O) groups excluding carboxylic acids is 2. The van der Waals surface area contributed by atoms with E-state index in [0.29, 0.717) is 30.6 Å². The summed E-state index contributed by atoms with van der Waals surface area (Å²) in [5.41, 5.74) is 1.38. The van der Waals surface area contributed by atoms with E-state index in [-0.39, 0.29) is 18.5 Å². The van der Waals surface area contributed by atoms with Gasteiger partial charge < -0.3 is 25.0 Å². The Labute approximate surface area is 154 Å². The highest BCUT2D eigenvalue weighted by Gasteiger charge is 2.24. The number of amides is 3. The van der Waals surface area contributed by atoms with Gasteiger partial charge in [-0.3, -0.25) is 4.79 Å². The molecule has 7 heteroatoms. The van der Waals surface area contributed by atoms with Crippen molar-refractivity contribution < 1.29 is 19.1 Å². The predicted octanol–water partition coefficient (Wildman–Crippen LogP) is 2.90. The van der Waals surface area contributed by atoms with Gasteiger partial charge in [0.05, 0.1) is 11.8 Å². The van der Waals surface area contributed by atoms with Crippen LogP contribution in [0.3, 0.4) is 0 Å². The molecule has 1 fully saturated rings. The smallest absolute Gasteiger partial charge is 0.319 e. The summed E-state index contributed by atoms with van der Waals surface area (Å²) in [5, 5.41) is 5.68. The Kier molecular flexibility index (Phi) is 6.33. The lowest BCUT2D eigenvalue weighted by atomic mass is 10.1. The first-order valence-corrected chi connectivity index (χ1v) is 9.41. The highest BCUT2D eigenvalue weighted by Crippen LogP contribution is 2.34. The summed E-state index contributed by atoms with van der Waals surface area (Å²) in [5.74, 6) is 0.558. The molecule has 2 heterocycles. The normalized spacial score (nSPS) is 19.0. The Morgan fingerprint density at radius 2 is 2.23 bits per heavy atom. The molecule has 0 spiro atoms. The molecule has 1 aromatic rings. The largest absolute Gasteiger partial charge is 0.481 e. The number of likely N-dealkylation sites (N-methyl/N-ethyl adjacent to an activating group) is 1. The van der Waals surface area contributed by atoms with Crippen LogP contribution in [0, 0.1) is 0 Å². The van der Waals surface area contributed by atoms with Crippen LogP contribution >= 0.6 is 0 Å². The molecule has 0 radical (unpaired) electrons. The van der Waals surface area contributed by atoms with E-state index in [9.17, 15) is 9.59 Å². The topological polar surface area (TPSA) is 79.9 Å². The number of nitrogens with one attached hydrogen (secondary N) is 2. The van der Waals surface area contributed by atoms with E-state index < -0.39 is 0 Å². The number of fused-ring (bicyclic) bond motifs is 1. The molecule has 0 bridgehead atoms. The van der Waals surface area contributed by atoms with Crippen LogP contribution in [0.25, 0.3) is 0 Å². The Morgan fingerprint density at radius 3 is 3.00 bits per heavy atom. The van der Waals surface area contributed by atoms with Gasteiger partial charge in [0.25, 0.3) is 5.91 Å². The van der Waals surface area contributed by atoms with Crippen molar-refractivity contribution in [1.82, 2.24) is 5.32 Å².